The molecule has 1 amide bonds. The monoisotopic (exact) mass is 377 g/mol. The van der Waals surface area contributed by atoms with Crippen LogP contribution in [0.2, 0.25) is 10.0 Å². The molecule has 1 unspecified atom stereocenters. The van der Waals surface area contributed by atoms with E-state index in [1.165, 1.54) is 18.2 Å². The van der Waals surface area contributed by atoms with Crippen molar-refractivity contribution in [2.24, 2.45) is 0 Å². The smallest absolute Gasteiger partial charge is 0.387 e. The zero-order valence-electron chi connectivity index (χ0n) is 12.1. The van der Waals surface area contributed by atoms with Gasteiger partial charge < -0.3 is 10.4 Å². The SMILES string of the molecule is O=C(NCC(O)c1ccc(C(F)(F)F)cc1)c1cc(Cl)ccc1Cl. The lowest BCUT2D eigenvalue weighted by Gasteiger charge is -2.14. The number of hydrogen-bond acceptors (Lipinski definition) is 2. The highest BCUT2D eigenvalue weighted by Gasteiger charge is 2.30. The zero-order chi connectivity index (χ0) is 17.9. The second-order valence-electron chi connectivity index (χ2n) is 4.97. The number of benzene rings is 2. The molecule has 0 fully saturated rings. The molecule has 2 rings (SSSR count). The highest BCUT2D eigenvalue weighted by atomic mass is 35.5. The van der Waals surface area contributed by atoms with E-state index in [-0.39, 0.29) is 22.7 Å². The molecule has 0 radical (unpaired) electrons. The van der Waals surface area contributed by atoms with E-state index >= 15 is 0 Å². The normalized spacial score (nSPS) is 12.8. The Morgan fingerprint density at radius 2 is 1.75 bits per heavy atom. The number of aliphatic hydroxyl groups excluding tert-OH is 1. The largest absolute Gasteiger partial charge is 0.416 e. The molecular weight excluding hydrogens is 366 g/mol. The number of nitrogens with one attached hydrogen (secondary N) is 1. The van der Waals surface area contributed by atoms with Crippen LogP contribution in [-0.2, 0) is 6.18 Å². The molecule has 1 atom stereocenters. The lowest BCUT2D eigenvalue weighted by Crippen LogP contribution is -2.28. The van der Waals surface area contributed by atoms with Crippen molar-refractivity contribution in [2.45, 2.75) is 12.3 Å². The number of halogens is 5. The number of rotatable bonds is 4. The van der Waals surface area contributed by atoms with Gasteiger partial charge in [0.25, 0.3) is 5.91 Å². The standard InChI is InChI=1S/C16H12Cl2F3NO2/c17-11-5-6-13(18)12(7-11)15(24)22-8-14(23)9-1-3-10(4-2-9)16(19,20)21/h1-7,14,23H,8H2,(H,22,24). The average molecular weight is 378 g/mol. The fourth-order valence-electron chi connectivity index (χ4n) is 1.97. The van der Waals surface area contributed by atoms with Gasteiger partial charge in [-0.05, 0) is 35.9 Å². The highest BCUT2D eigenvalue weighted by Crippen LogP contribution is 2.30. The summed E-state index contributed by atoms with van der Waals surface area (Å²) in [4.78, 5) is 12.0. The van der Waals surface area contributed by atoms with Crippen molar-refractivity contribution in [1.29, 1.82) is 0 Å². The fourth-order valence-corrected chi connectivity index (χ4v) is 2.34. The van der Waals surface area contributed by atoms with Crippen LogP contribution in [0.5, 0.6) is 0 Å². The molecule has 24 heavy (non-hydrogen) atoms. The molecule has 128 valence electrons. The minimum Gasteiger partial charge on any atom is -0.387 e. The first kappa shape index (κ1) is 18.6. The molecule has 0 spiro atoms. The van der Waals surface area contributed by atoms with Crippen LogP contribution < -0.4 is 5.32 Å². The summed E-state index contributed by atoms with van der Waals surface area (Å²) in [5.41, 5.74) is -0.419. The van der Waals surface area contributed by atoms with E-state index in [1.807, 2.05) is 0 Å². The van der Waals surface area contributed by atoms with Gasteiger partial charge in [-0.3, -0.25) is 4.79 Å². The molecule has 0 aliphatic rings. The van der Waals surface area contributed by atoms with Crippen LogP contribution in [0.25, 0.3) is 0 Å². The molecule has 0 bridgehead atoms. The maximum Gasteiger partial charge on any atom is 0.416 e. The van der Waals surface area contributed by atoms with E-state index in [0.29, 0.717) is 5.02 Å². The van der Waals surface area contributed by atoms with Crippen molar-refractivity contribution in [3.05, 3.63) is 69.2 Å². The maximum atomic E-state index is 12.5. The van der Waals surface area contributed by atoms with Crippen LogP contribution >= 0.6 is 23.2 Å². The van der Waals surface area contributed by atoms with Gasteiger partial charge in [-0.25, -0.2) is 0 Å². The minimum absolute atomic E-state index is 0.142. The summed E-state index contributed by atoms with van der Waals surface area (Å²) in [6.07, 6.45) is -5.60. The van der Waals surface area contributed by atoms with Crippen molar-refractivity contribution in [2.75, 3.05) is 6.54 Å². The van der Waals surface area contributed by atoms with Crippen molar-refractivity contribution in [1.82, 2.24) is 5.32 Å². The lowest BCUT2D eigenvalue weighted by molar-refractivity contribution is -0.137. The molecule has 3 nitrogen and oxygen atoms in total. The van der Waals surface area contributed by atoms with Crippen molar-refractivity contribution in [3.63, 3.8) is 0 Å². The van der Waals surface area contributed by atoms with Crippen LogP contribution in [0.15, 0.2) is 42.5 Å². The quantitative estimate of drug-likeness (QED) is 0.825. The molecule has 0 heterocycles. The van der Waals surface area contributed by atoms with Crippen LogP contribution in [0, 0.1) is 0 Å². The predicted molar refractivity (Wildman–Crippen MR) is 85.2 cm³/mol. The number of hydrogen-bond donors (Lipinski definition) is 2. The van der Waals surface area contributed by atoms with Crippen LogP contribution in [0.1, 0.15) is 27.6 Å². The summed E-state index contributed by atoms with van der Waals surface area (Å²) < 4.78 is 37.5. The third-order valence-corrected chi connectivity index (χ3v) is 3.82. The van der Waals surface area contributed by atoms with E-state index in [2.05, 4.69) is 5.32 Å². The summed E-state index contributed by atoms with van der Waals surface area (Å²) in [5, 5.41) is 13.0. The van der Waals surface area contributed by atoms with Gasteiger partial charge in [0.15, 0.2) is 0 Å². The van der Waals surface area contributed by atoms with Crippen LogP contribution in [0.3, 0.4) is 0 Å². The number of carbonyl (C=O) groups is 1. The number of aliphatic hydroxyl groups is 1. The molecule has 0 saturated carbocycles. The van der Waals surface area contributed by atoms with Gasteiger partial charge in [0.05, 0.1) is 22.3 Å². The Hall–Kier alpha value is -1.76. The van der Waals surface area contributed by atoms with E-state index in [1.54, 1.807) is 0 Å². The zero-order valence-corrected chi connectivity index (χ0v) is 13.6. The Morgan fingerprint density at radius 1 is 1.12 bits per heavy atom. The fraction of sp³-hybridized carbons (Fsp3) is 0.188. The molecule has 0 aliphatic carbocycles. The van der Waals surface area contributed by atoms with Crippen molar-refractivity contribution >= 4 is 29.1 Å². The van der Waals surface area contributed by atoms with E-state index in [0.717, 1.165) is 24.3 Å². The van der Waals surface area contributed by atoms with Gasteiger partial charge in [0, 0.05) is 11.6 Å². The Morgan fingerprint density at radius 3 is 2.33 bits per heavy atom. The van der Waals surface area contributed by atoms with Gasteiger partial charge in [0.2, 0.25) is 0 Å². The summed E-state index contributed by atoms with van der Waals surface area (Å²) in [6, 6.07) is 8.42. The Labute approximate surface area is 146 Å². The topological polar surface area (TPSA) is 49.3 Å². The third-order valence-electron chi connectivity index (χ3n) is 3.25. The van der Waals surface area contributed by atoms with Gasteiger partial charge in [0.1, 0.15) is 0 Å². The first-order chi connectivity index (χ1) is 11.2. The van der Waals surface area contributed by atoms with E-state index in [9.17, 15) is 23.1 Å². The maximum absolute atomic E-state index is 12.5. The Balaban J connectivity index is 2.01. The van der Waals surface area contributed by atoms with Crippen molar-refractivity contribution < 1.29 is 23.1 Å². The predicted octanol–water partition coefficient (Wildman–Crippen LogP) is 4.48. The molecular formula is C16H12Cl2F3NO2. The van der Waals surface area contributed by atoms with E-state index < -0.39 is 23.8 Å². The van der Waals surface area contributed by atoms with Gasteiger partial charge >= 0.3 is 6.18 Å². The lowest BCUT2D eigenvalue weighted by atomic mass is 10.1. The second kappa shape index (κ2) is 7.42. The highest BCUT2D eigenvalue weighted by molar-refractivity contribution is 6.35. The molecule has 8 heteroatoms. The first-order valence-electron chi connectivity index (χ1n) is 6.77. The van der Waals surface area contributed by atoms with Gasteiger partial charge in [-0.2, -0.15) is 13.2 Å². The number of alkyl halides is 3. The third kappa shape index (κ3) is 4.63. The molecule has 2 N–H and O–H groups in total. The second-order valence-corrected chi connectivity index (χ2v) is 5.81. The number of amides is 1. The molecule has 0 aromatic heterocycles. The Kier molecular flexibility index (Phi) is 5.74. The molecule has 2 aromatic rings. The molecule has 2 aromatic carbocycles. The first-order valence-corrected chi connectivity index (χ1v) is 7.52. The number of carbonyl (C=O) groups excluding carboxylic acids is 1. The summed E-state index contributed by atoms with van der Waals surface area (Å²) in [7, 11) is 0. The van der Waals surface area contributed by atoms with Gasteiger partial charge in [-0.15, -0.1) is 0 Å². The summed E-state index contributed by atoms with van der Waals surface area (Å²) >= 11 is 11.7. The summed E-state index contributed by atoms with van der Waals surface area (Å²) in [6.45, 7) is -0.187. The molecule has 0 saturated heterocycles. The summed E-state index contributed by atoms with van der Waals surface area (Å²) in [5.74, 6) is -0.548. The Bertz CT molecular complexity index is 733. The average Bonchev–Trinajstić information content (AvgIpc) is 2.53. The van der Waals surface area contributed by atoms with E-state index in [4.69, 9.17) is 23.2 Å². The minimum atomic E-state index is -4.44. The van der Waals surface area contributed by atoms with Crippen LogP contribution in [-0.4, -0.2) is 17.6 Å². The van der Waals surface area contributed by atoms with Crippen LogP contribution in [0.4, 0.5) is 13.2 Å². The van der Waals surface area contributed by atoms with Gasteiger partial charge in [-0.1, -0.05) is 35.3 Å². The molecule has 0 aliphatic heterocycles. The van der Waals surface area contributed by atoms with Crippen molar-refractivity contribution in [3.8, 4) is 0 Å².